The zero-order valence-electron chi connectivity index (χ0n) is 15.4. The fourth-order valence-corrected chi connectivity index (χ4v) is 3.55. The molecular weight excluding hydrogens is 320 g/mol. The molecule has 0 radical (unpaired) electrons. The average Bonchev–Trinajstić information content (AvgIpc) is 2.82. The normalized spacial score (nSPS) is 24.9. The van der Waals surface area contributed by atoms with Gasteiger partial charge in [0.1, 0.15) is 5.78 Å². The van der Waals surface area contributed by atoms with Crippen LogP contribution >= 0.6 is 0 Å². The Morgan fingerprint density at radius 2 is 1.92 bits per heavy atom. The minimum Gasteiger partial charge on any atom is -0.481 e. The molecule has 4 atom stereocenters. The lowest BCUT2D eigenvalue weighted by molar-refractivity contribution is -0.137. The third-order valence-corrected chi connectivity index (χ3v) is 5.06. The number of aliphatic hydroxyl groups excluding tert-OH is 2. The number of carbonyl (C=O) groups excluding carboxylic acids is 1. The Hall–Kier alpha value is -1.20. The number of aliphatic hydroxyl groups is 2. The van der Waals surface area contributed by atoms with Crippen LogP contribution in [-0.4, -0.2) is 39.3 Å². The van der Waals surface area contributed by atoms with E-state index < -0.39 is 18.2 Å². The zero-order valence-corrected chi connectivity index (χ0v) is 15.4. The molecule has 144 valence electrons. The summed E-state index contributed by atoms with van der Waals surface area (Å²) in [5.41, 5.74) is 0. The summed E-state index contributed by atoms with van der Waals surface area (Å²) >= 11 is 0. The molecule has 0 aliphatic heterocycles. The van der Waals surface area contributed by atoms with Gasteiger partial charge in [0.25, 0.3) is 0 Å². The molecule has 1 aliphatic rings. The van der Waals surface area contributed by atoms with Gasteiger partial charge >= 0.3 is 5.97 Å². The number of carbonyl (C=O) groups is 2. The van der Waals surface area contributed by atoms with Crippen molar-refractivity contribution in [3.8, 4) is 0 Å². The first-order chi connectivity index (χ1) is 12.0. The van der Waals surface area contributed by atoms with Crippen LogP contribution in [0, 0.1) is 11.8 Å². The van der Waals surface area contributed by atoms with E-state index in [1.807, 2.05) is 0 Å². The Morgan fingerprint density at radius 3 is 2.60 bits per heavy atom. The summed E-state index contributed by atoms with van der Waals surface area (Å²) in [4.78, 5) is 22.6. The molecule has 0 unspecified atom stereocenters. The molecule has 25 heavy (non-hydrogen) atoms. The van der Waals surface area contributed by atoms with Gasteiger partial charge in [-0.05, 0) is 25.2 Å². The standard InChI is InChI=1S/C20H34O5/c1-2-3-6-9-15(21)12-13-17-16(18(22)14-19(17)23)10-7-4-5-8-11-20(24)25/h12-13,15-18,21-22H,2-11,14H2,1H3,(H,24,25)/b13-12+/t15-,16+,17-,18-/m0/s1. The Balaban J connectivity index is 2.39. The molecular formula is C20H34O5. The fourth-order valence-electron chi connectivity index (χ4n) is 3.55. The van der Waals surface area contributed by atoms with Crippen LogP contribution in [0.15, 0.2) is 12.2 Å². The lowest BCUT2D eigenvalue weighted by Crippen LogP contribution is -2.19. The summed E-state index contributed by atoms with van der Waals surface area (Å²) in [5.74, 6) is -1.08. The van der Waals surface area contributed by atoms with Gasteiger partial charge in [0.15, 0.2) is 0 Å². The number of ketones is 1. The van der Waals surface area contributed by atoms with Crippen molar-refractivity contribution in [3.05, 3.63) is 12.2 Å². The van der Waals surface area contributed by atoms with Crippen molar-refractivity contribution in [1.82, 2.24) is 0 Å². The Labute approximate surface area is 151 Å². The molecule has 0 spiro atoms. The van der Waals surface area contributed by atoms with E-state index in [2.05, 4.69) is 6.92 Å². The minimum absolute atomic E-state index is 0.0559. The van der Waals surface area contributed by atoms with Gasteiger partial charge in [-0.3, -0.25) is 9.59 Å². The summed E-state index contributed by atoms with van der Waals surface area (Å²) in [7, 11) is 0. The lowest BCUT2D eigenvalue weighted by Gasteiger charge is -2.18. The van der Waals surface area contributed by atoms with E-state index in [4.69, 9.17) is 5.11 Å². The van der Waals surface area contributed by atoms with Gasteiger partial charge in [0.2, 0.25) is 0 Å². The van der Waals surface area contributed by atoms with Crippen molar-refractivity contribution >= 4 is 11.8 Å². The summed E-state index contributed by atoms with van der Waals surface area (Å²) in [6.45, 7) is 2.12. The van der Waals surface area contributed by atoms with Crippen molar-refractivity contribution in [2.45, 2.75) is 89.8 Å². The highest BCUT2D eigenvalue weighted by molar-refractivity contribution is 5.85. The maximum Gasteiger partial charge on any atom is 0.303 e. The van der Waals surface area contributed by atoms with Crippen molar-refractivity contribution in [3.63, 3.8) is 0 Å². The predicted octanol–water partition coefficient (Wildman–Crippen LogP) is 3.48. The first-order valence-electron chi connectivity index (χ1n) is 9.74. The number of unbranched alkanes of at least 4 members (excludes halogenated alkanes) is 5. The van der Waals surface area contributed by atoms with Gasteiger partial charge in [0.05, 0.1) is 12.2 Å². The second-order valence-corrected chi connectivity index (χ2v) is 7.22. The van der Waals surface area contributed by atoms with E-state index in [1.165, 1.54) is 0 Å². The Morgan fingerprint density at radius 1 is 1.20 bits per heavy atom. The smallest absolute Gasteiger partial charge is 0.303 e. The molecule has 0 aromatic carbocycles. The number of carboxylic acids is 1. The van der Waals surface area contributed by atoms with E-state index in [-0.39, 0.29) is 30.5 Å². The van der Waals surface area contributed by atoms with Gasteiger partial charge in [-0.15, -0.1) is 0 Å². The molecule has 0 aromatic heterocycles. The molecule has 1 rings (SSSR count). The highest BCUT2D eigenvalue weighted by atomic mass is 16.4. The van der Waals surface area contributed by atoms with Crippen LogP contribution in [0.25, 0.3) is 0 Å². The highest BCUT2D eigenvalue weighted by Gasteiger charge is 2.39. The zero-order chi connectivity index (χ0) is 18.7. The molecule has 0 bridgehead atoms. The monoisotopic (exact) mass is 354 g/mol. The SMILES string of the molecule is CCCCC[C@H](O)/C=C/[C@@H]1C(=O)C[C@H](O)[C@@H]1CCCCCCC(=O)O. The molecule has 3 N–H and O–H groups in total. The van der Waals surface area contributed by atoms with Crippen LogP contribution < -0.4 is 0 Å². The molecule has 1 aliphatic carbocycles. The number of hydrogen-bond donors (Lipinski definition) is 3. The van der Waals surface area contributed by atoms with E-state index in [1.54, 1.807) is 12.2 Å². The van der Waals surface area contributed by atoms with Gasteiger partial charge in [-0.25, -0.2) is 0 Å². The predicted molar refractivity (Wildman–Crippen MR) is 97.2 cm³/mol. The van der Waals surface area contributed by atoms with Gasteiger partial charge in [0, 0.05) is 18.8 Å². The number of aliphatic carboxylic acids is 1. The third-order valence-electron chi connectivity index (χ3n) is 5.06. The molecule has 1 saturated carbocycles. The van der Waals surface area contributed by atoms with Crippen LogP contribution in [0.3, 0.4) is 0 Å². The summed E-state index contributed by atoms with van der Waals surface area (Å²) < 4.78 is 0. The molecule has 5 nitrogen and oxygen atoms in total. The first kappa shape index (κ1) is 21.8. The highest BCUT2D eigenvalue weighted by Crippen LogP contribution is 2.34. The summed E-state index contributed by atoms with van der Waals surface area (Å²) in [6.07, 6.45) is 10.8. The topological polar surface area (TPSA) is 94.8 Å². The number of allylic oxidation sites excluding steroid dienone is 1. The molecule has 0 heterocycles. The number of hydrogen-bond acceptors (Lipinski definition) is 4. The number of Topliss-reactive ketones (excluding diaryl/α,β-unsaturated/α-hetero) is 1. The Bertz CT molecular complexity index is 432. The molecule has 0 aromatic rings. The van der Waals surface area contributed by atoms with Gasteiger partial charge in [-0.1, -0.05) is 57.6 Å². The Kier molecular flexibility index (Phi) is 10.7. The van der Waals surface area contributed by atoms with Crippen LogP contribution in [0.2, 0.25) is 0 Å². The molecule has 0 saturated heterocycles. The quantitative estimate of drug-likeness (QED) is 0.348. The van der Waals surface area contributed by atoms with Crippen molar-refractivity contribution in [2.24, 2.45) is 11.8 Å². The van der Waals surface area contributed by atoms with Crippen LogP contribution in [-0.2, 0) is 9.59 Å². The second kappa shape index (κ2) is 12.2. The maximum atomic E-state index is 12.1. The van der Waals surface area contributed by atoms with Crippen molar-refractivity contribution in [1.29, 1.82) is 0 Å². The van der Waals surface area contributed by atoms with Crippen molar-refractivity contribution < 1.29 is 24.9 Å². The van der Waals surface area contributed by atoms with Gasteiger partial charge < -0.3 is 15.3 Å². The van der Waals surface area contributed by atoms with Crippen LogP contribution in [0.4, 0.5) is 0 Å². The second-order valence-electron chi connectivity index (χ2n) is 7.22. The average molecular weight is 354 g/mol. The van der Waals surface area contributed by atoms with E-state index in [9.17, 15) is 19.8 Å². The van der Waals surface area contributed by atoms with E-state index in [0.717, 1.165) is 44.9 Å². The fraction of sp³-hybridized carbons (Fsp3) is 0.800. The van der Waals surface area contributed by atoms with Crippen LogP contribution in [0.5, 0.6) is 0 Å². The molecule has 5 heteroatoms. The van der Waals surface area contributed by atoms with Gasteiger partial charge in [-0.2, -0.15) is 0 Å². The number of carboxylic acid groups (broad SMARTS) is 1. The lowest BCUT2D eigenvalue weighted by atomic mass is 9.88. The summed E-state index contributed by atoms with van der Waals surface area (Å²) in [5, 5.41) is 28.7. The third kappa shape index (κ3) is 8.63. The van der Waals surface area contributed by atoms with Crippen LogP contribution in [0.1, 0.15) is 77.6 Å². The minimum atomic E-state index is -0.764. The maximum absolute atomic E-state index is 12.1. The molecule has 0 amide bonds. The largest absolute Gasteiger partial charge is 0.481 e. The van der Waals surface area contributed by atoms with E-state index >= 15 is 0 Å². The molecule has 1 fully saturated rings. The first-order valence-corrected chi connectivity index (χ1v) is 9.74. The van der Waals surface area contributed by atoms with E-state index in [0.29, 0.717) is 12.8 Å². The van der Waals surface area contributed by atoms with Crippen molar-refractivity contribution in [2.75, 3.05) is 0 Å². The summed E-state index contributed by atoms with van der Waals surface area (Å²) in [6, 6.07) is 0. The number of rotatable bonds is 13.